The molecule has 4 rings (SSSR count). The van der Waals surface area contributed by atoms with Gasteiger partial charge in [-0.05, 0) is 79.4 Å². The van der Waals surface area contributed by atoms with Gasteiger partial charge < -0.3 is 14.6 Å². The Kier molecular flexibility index (Phi) is 9.13. The Morgan fingerprint density at radius 2 is 1.81 bits per heavy atom. The minimum atomic E-state index is -3.84. The van der Waals surface area contributed by atoms with Crippen LogP contribution in [0.3, 0.4) is 0 Å². The molecule has 3 aromatic rings. The van der Waals surface area contributed by atoms with Gasteiger partial charge in [-0.2, -0.15) is 4.31 Å². The Balaban J connectivity index is 1.32. The number of ether oxygens (including phenoxy) is 2. The van der Waals surface area contributed by atoms with Gasteiger partial charge in [-0.15, -0.1) is 11.8 Å². The van der Waals surface area contributed by atoms with E-state index in [0.717, 1.165) is 44.9 Å². The van der Waals surface area contributed by atoms with E-state index in [9.17, 15) is 18.3 Å². The van der Waals surface area contributed by atoms with Gasteiger partial charge in [0.1, 0.15) is 23.3 Å². The van der Waals surface area contributed by atoms with E-state index < -0.39 is 22.0 Å². The third-order valence-corrected chi connectivity index (χ3v) is 8.96. The first-order valence-electron chi connectivity index (χ1n) is 12.3. The minimum Gasteiger partial charge on any atom is -0.492 e. The number of benzene rings is 3. The summed E-state index contributed by atoms with van der Waals surface area (Å²) in [6, 6.07) is 21.1. The van der Waals surface area contributed by atoms with Gasteiger partial charge in [0.05, 0.1) is 11.5 Å². The van der Waals surface area contributed by atoms with E-state index in [0.29, 0.717) is 25.2 Å². The normalized spacial score (nSPS) is 16.0. The van der Waals surface area contributed by atoms with E-state index in [1.807, 2.05) is 48.5 Å². The Morgan fingerprint density at radius 1 is 1.05 bits per heavy atom. The largest absolute Gasteiger partial charge is 0.492 e. The molecule has 0 aliphatic carbocycles. The lowest BCUT2D eigenvalue weighted by atomic mass is 10.1. The average Bonchev–Trinajstić information content (AvgIpc) is 3.40. The van der Waals surface area contributed by atoms with Gasteiger partial charge in [0.15, 0.2) is 0 Å². The number of sulfonamides is 1. The first kappa shape index (κ1) is 27.0. The second-order valence-electron chi connectivity index (χ2n) is 8.71. The molecule has 7 nitrogen and oxygen atoms in total. The molecule has 1 fully saturated rings. The fraction of sp³-hybridized carbons (Fsp3) is 0.321. The third kappa shape index (κ3) is 6.85. The summed E-state index contributed by atoms with van der Waals surface area (Å²) in [6.07, 6.45) is 2.75. The molecule has 37 heavy (non-hydrogen) atoms. The Labute approximate surface area is 222 Å². The molecular formula is C28H31NO6S2. The van der Waals surface area contributed by atoms with Crippen molar-refractivity contribution in [2.75, 3.05) is 18.9 Å². The lowest BCUT2D eigenvalue weighted by Crippen LogP contribution is -2.40. The smallest absolute Gasteiger partial charge is 0.322 e. The number of nitrogens with zero attached hydrogens (tertiary/aromatic N) is 1. The van der Waals surface area contributed by atoms with Crippen LogP contribution >= 0.6 is 11.8 Å². The molecule has 1 aliphatic rings. The van der Waals surface area contributed by atoms with Gasteiger partial charge in [0.2, 0.25) is 10.0 Å². The Bertz CT molecular complexity index is 1300. The third-order valence-electron chi connectivity index (χ3n) is 6.06. The van der Waals surface area contributed by atoms with Crippen molar-refractivity contribution in [3.63, 3.8) is 0 Å². The number of thioether (sulfide) groups is 1. The number of carboxylic acids is 1. The van der Waals surface area contributed by atoms with Gasteiger partial charge in [0.25, 0.3) is 0 Å². The maximum atomic E-state index is 12.9. The number of carbonyl (C=O) groups is 1. The first-order chi connectivity index (χ1) is 17.9. The molecule has 0 bridgehead atoms. The van der Waals surface area contributed by atoms with E-state index in [4.69, 9.17) is 9.47 Å². The van der Waals surface area contributed by atoms with Crippen molar-refractivity contribution in [2.24, 2.45) is 0 Å². The van der Waals surface area contributed by atoms with Crippen molar-refractivity contribution in [2.45, 2.75) is 48.4 Å². The highest BCUT2D eigenvalue weighted by Crippen LogP contribution is 2.30. The van der Waals surface area contributed by atoms with Crippen molar-refractivity contribution in [3.8, 4) is 17.2 Å². The van der Waals surface area contributed by atoms with E-state index in [-0.39, 0.29) is 11.4 Å². The fourth-order valence-electron chi connectivity index (χ4n) is 4.28. The number of carboxylic acid groups (broad SMARTS) is 1. The summed E-state index contributed by atoms with van der Waals surface area (Å²) in [7, 11) is -3.84. The number of para-hydroxylation sites is 1. The van der Waals surface area contributed by atoms with Crippen LogP contribution in [-0.2, 0) is 21.2 Å². The van der Waals surface area contributed by atoms with Crippen LogP contribution in [0.2, 0.25) is 0 Å². The van der Waals surface area contributed by atoms with Crippen molar-refractivity contribution in [3.05, 3.63) is 78.4 Å². The highest BCUT2D eigenvalue weighted by Gasteiger charge is 2.39. The molecule has 0 saturated carbocycles. The lowest BCUT2D eigenvalue weighted by molar-refractivity contribution is -0.140. The molecule has 0 spiro atoms. The number of aliphatic carboxylic acids is 1. The summed E-state index contributed by atoms with van der Waals surface area (Å²) in [4.78, 5) is 12.4. The van der Waals surface area contributed by atoms with Gasteiger partial charge in [-0.25, -0.2) is 8.42 Å². The van der Waals surface area contributed by atoms with Crippen molar-refractivity contribution in [1.29, 1.82) is 0 Å². The molecule has 1 saturated heterocycles. The van der Waals surface area contributed by atoms with Crippen molar-refractivity contribution < 1.29 is 27.8 Å². The van der Waals surface area contributed by atoms with Crippen LogP contribution in [0.4, 0.5) is 0 Å². The van der Waals surface area contributed by atoms with Crippen LogP contribution in [0.1, 0.15) is 31.7 Å². The molecule has 0 aromatic heterocycles. The SMILES string of the molecule is CCCc1cc(Oc2ccccc2)ccc1OCCSc1ccc(S(=O)(=O)N2CCC[C@@H]2C(=O)O)cc1. The molecule has 196 valence electrons. The molecule has 1 N–H and O–H groups in total. The Morgan fingerprint density at radius 3 is 2.51 bits per heavy atom. The van der Waals surface area contributed by atoms with Crippen molar-refractivity contribution in [1.82, 2.24) is 4.31 Å². The maximum Gasteiger partial charge on any atom is 0.322 e. The van der Waals surface area contributed by atoms with Crippen LogP contribution < -0.4 is 9.47 Å². The van der Waals surface area contributed by atoms with Crippen LogP contribution in [0.5, 0.6) is 17.2 Å². The standard InChI is InChI=1S/C28H31NO6S2/c1-2-7-21-20-23(35-22-8-4-3-5-9-22)11-16-27(21)34-18-19-36-24-12-14-25(15-13-24)37(32,33)29-17-6-10-26(29)28(30)31/h3-5,8-9,11-16,20,26H,2,6-7,10,17-19H2,1H3,(H,30,31)/t26-/m1/s1. The van der Waals surface area contributed by atoms with E-state index in [1.54, 1.807) is 36.0 Å². The van der Waals surface area contributed by atoms with Gasteiger partial charge in [0, 0.05) is 17.2 Å². The molecule has 1 aliphatic heterocycles. The molecule has 9 heteroatoms. The summed E-state index contributed by atoms with van der Waals surface area (Å²) < 4.78 is 38.9. The second-order valence-corrected chi connectivity index (χ2v) is 11.8. The second kappa shape index (κ2) is 12.5. The zero-order valence-electron chi connectivity index (χ0n) is 20.7. The van der Waals surface area contributed by atoms with Gasteiger partial charge in [-0.1, -0.05) is 31.5 Å². The van der Waals surface area contributed by atoms with Crippen LogP contribution in [0.25, 0.3) is 0 Å². The summed E-state index contributed by atoms with van der Waals surface area (Å²) in [5.74, 6) is 1.98. The number of hydrogen-bond acceptors (Lipinski definition) is 6. The highest BCUT2D eigenvalue weighted by molar-refractivity contribution is 7.99. The molecular weight excluding hydrogens is 510 g/mol. The quantitative estimate of drug-likeness (QED) is 0.227. The van der Waals surface area contributed by atoms with Crippen LogP contribution in [0.15, 0.2) is 82.6 Å². The van der Waals surface area contributed by atoms with Gasteiger partial charge in [-0.3, -0.25) is 4.79 Å². The predicted octanol–water partition coefficient (Wildman–Crippen LogP) is 5.84. The fourth-order valence-corrected chi connectivity index (χ4v) is 6.66. The summed E-state index contributed by atoms with van der Waals surface area (Å²) in [5, 5.41) is 9.33. The Hall–Kier alpha value is -3.01. The highest BCUT2D eigenvalue weighted by atomic mass is 32.2. The molecule has 0 unspecified atom stereocenters. The zero-order chi connectivity index (χ0) is 26.3. The van der Waals surface area contributed by atoms with Crippen molar-refractivity contribution >= 4 is 27.8 Å². The summed E-state index contributed by atoms with van der Waals surface area (Å²) in [5.41, 5.74) is 1.09. The van der Waals surface area contributed by atoms with Crippen LogP contribution in [-0.4, -0.2) is 48.7 Å². The molecule has 1 heterocycles. The lowest BCUT2D eigenvalue weighted by Gasteiger charge is -2.21. The predicted molar refractivity (Wildman–Crippen MR) is 144 cm³/mol. The number of hydrogen-bond donors (Lipinski definition) is 1. The van der Waals surface area contributed by atoms with E-state index >= 15 is 0 Å². The number of rotatable bonds is 12. The number of aryl methyl sites for hydroxylation is 1. The van der Waals surface area contributed by atoms with E-state index in [2.05, 4.69) is 6.92 Å². The van der Waals surface area contributed by atoms with Crippen LogP contribution in [0, 0.1) is 0 Å². The monoisotopic (exact) mass is 541 g/mol. The summed E-state index contributed by atoms with van der Waals surface area (Å²) >= 11 is 1.57. The molecule has 0 amide bonds. The molecule has 1 atom stereocenters. The van der Waals surface area contributed by atoms with E-state index in [1.165, 1.54) is 0 Å². The minimum absolute atomic E-state index is 0.114. The molecule has 3 aromatic carbocycles. The first-order valence-corrected chi connectivity index (χ1v) is 14.8. The average molecular weight is 542 g/mol. The molecule has 0 radical (unpaired) electrons. The summed E-state index contributed by atoms with van der Waals surface area (Å²) in [6.45, 7) is 2.85. The zero-order valence-corrected chi connectivity index (χ0v) is 22.3. The maximum absolute atomic E-state index is 12.9. The van der Waals surface area contributed by atoms with Gasteiger partial charge >= 0.3 is 5.97 Å². The topological polar surface area (TPSA) is 93.1 Å².